The third-order valence-electron chi connectivity index (χ3n) is 1.42. The zero-order valence-corrected chi connectivity index (χ0v) is 12.3. The van der Waals surface area contributed by atoms with E-state index in [-0.39, 0.29) is 27.6 Å². The second-order valence-electron chi connectivity index (χ2n) is 2.56. The van der Waals surface area contributed by atoms with Gasteiger partial charge < -0.3 is 10.2 Å². The van der Waals surface area contributed by atoms with Crippen molar-refractivity contribution in [3.63, 3.8) is 0 Å². The molecule has 2 rings (SSSR count). The van der Waals surface area contributed by atoms with E-state index < -0.39 is 11.9 Å². The second-order valence-corrected chi connectivity index (χ2v) is 7.20. The van der Waals surface area contributed by atoms with Crippen molar-refractivity contribution >= 4 is 55.1 Å². The number of carboxylic acid groups (broad SMARTS) is 2. The van der Waals surface area contributed by atoms with Crippen molar-refractivity contribution in [1.82, 2.24) is 0 Å². The van der Waals surface area contributed by atoms with E-state index in [2.05, 4.69) is 0 Å². The van der Waals surface area contributed by atoms with Crippen LogP contribution >= 0.6 is 43.2 Å². The molecule has 0 spiro atoms. The summed E-state index contributed by atoms with van der Waals surface area (Å²) in [6.45, 7) is 0. The number of carbonyl (C=O) groups is 2. The van der Waals surface area contributed by atoms with Crippen molar-refractivity contribution in [3.05, 3.63) is 23.0 Å². The van der Waals surface area contributed by atoms with E-state index in [1.165, 1.54) is 43.2 Å². The number of rotatable bonds is 2. The molecule has 99 valence electrons. The molecule has 4 nitrogen and oxygen atoms in total. The number of carboxylic acids is 2. The van der Waals surface area contributed by atoms with Crippen LogP contribution in [0.4, 0.5) is 0 Å². The van der Waals surface area contributed by atoms with Crippen LogP contribution in [0, 0.1) is 0 Å². The monoisotopic (exact) mass is 359 g/mol. The molecular weight excluding hydrogens is 352 g/mol. The molecule has 2 aliphatic heterocycles. The van der Waals surface area contributed by atoms with Crippen molar-refractivity contribution in [3.8, 4) is 0 Å². The summed E-state index contributed by atoms with van der Waals surface area (Å²) in [7, 11) is 5.64. The predicted molar refractivity (Wildman–Crippen MR) is 71.5 cm³/mol. The summed E-state index contributed by atoms with van der Waals surface area (Å²) in [5.41, 5.74) is 0. The first-order valence-corrected chi connectivity index (χ1v) is 8.59. The maximum atomic E-state index is 10.1. The van der Waals surface area contributed by atoms with Gasteiger partial charge in [-0.25, -0.2) is 0 Å². The van der Waals surface area contributed by atoms with Crippen LogP contribution in [-0.2, 0) is 26.7 Å². The van der Waals surface area contributed by atoms with Crippen molar-refractivity contribution < 1.29 is 36.9 Å². The first kappa shape index (κ1) is 17.3. The zero-order chi connectivity index (χ0) is 12.0. The molecule has 0 aromatic rings. The number of aliphatic carboxylic acids is 2. The van der Waals surface area contributed by atoms with Crippen molar-refractivity contribution in [2.45, 2.75) is 10.5 Å². The van der Waals surface area contributed by atoms with E-state index in [9.17, 15) is 9.59 Å². The molecule has 2 heterocycles. The molecule has 0 fully saturated rings. The van der Waals surface area contributed by atoms with Gasteiger partial charge in [0.1, 0.15) is 10.5 Å². The molecular formula is C8H8CuO4S4. The first-order chi connectivity index (χ1) is 7.61. The molecule has 2 atom stereocenters. The fourth-order valence-electron chi connectivity index (χ4n) is 0.702. The Morgan fingerprint density at radius 2 is 1.24 bits per heavy atom. The van der Waals surface area contributed by atoms with Gasteiger partial charge in [-0.05, 0) is 10.8 Å². The molecule has 0 aromatic carbocycles. The summed E-state index contributed by atoms with van der Waals surface area (Å²) < 4.78 is 0. The quantitative estimate of drug-likeness (QED) is 0.575. The minimum absolute atomic E-state index is 0. The summed E-state index contributed by atoms with van der Waals surface area (Å²) in [6, 6.07) is 0. The van der Waals surface area contributed by atoms with Crippen LogP contribution in [0.3, 0.4) is 0 Å². The van der Waals surface area contributed by atoms with E-state index in [1.54, 1.807) is 23.0 Å². The molecule has 1 radical (unpaired) electrons. The van der Waals surface area contributed by atoms with Gasteiger partial charge in [0.25, 0.3) is 0 Å². The third-order valence-corrected chi connectivity index (χ3v) is 5.89. The molecule has 0 amide bonds. The first-order valence-electron chi connectivity index (χ1n) is 4.04. The van der Waals surface area contributed by atoms with Gasteiger partial charge in [-0.3, -0.25) is 9.59 Å². The van der Waals surface area contributed by atoms with E-state index in [4.69, 9.17) is 10.2 Å². The molecule has 2 unspecified atom stereocenters. The van der Waals surface area contributed by atoms with E-state index in [0.29, 0.717) is 0 Å². The van der Waals surface area contributed by atoms with Crippen LogP contribution in [0.5, 0.6) is 0 Å². The Labute approximate surface area is 125 Å². The van der Waals surface area contributed by atoms with Gasteiger partial charge in [0.05, 0.1) is 0 Å². The van der Waals surface area contributed by atoms with Gasteiger partial charge >= 0.3 is 11.9 Å². The average Bonchev–Trinajstić information content (AvgIpc) is 2.93. The van der Waals surface area contributed by atoms with Gasteiger partial charge in [0, 0.05) is 17.1 Å². The molecule has 0 aliphatic carbocycles. The van der Waals surface area contributed by atoms with Crippen LogP contribution < -0.4 is 0 Å². The maximum absolute atomic E-state index is 10.1. The Morgan fingerprint density at radius 3 is 1.35 bits per heavy atom. The Kier molecular flexibility index (Phi) is 9.48. The average molecular weight is 360 g/mol. The molecule has 9 heteroatoms. The van der Waals surface area contributed by atoms with Crippen molar-refractivity contribution in [2.24, 2.45) is 0 Å². The predicted octanol–water partition coefficient (Wildman–Crippen LogP) is 2.69. The minimum atomic E-state index is -0.753. The summed E-state index contributed by atoms with van der Waals surface area (Å²) in [4.78, 5) is 20.2. The van der Waals surface area contributed by atoms with Gasteiger partial charge in [-0.15, -0.1) is 0 Å². The normalized spacial score (nSPS) is 24.7. The van der Waals surface area contributed by atoms with E-state index in [1.807, 2.05) is 0 Å². The smallest absolute Gasteiger partial charge is 0.321 e. The molecule has 2 aliphatic rings. The van der Waals surface area contributed by atoms with Crippen LogP contribution in [0.15, 0.2) is 23.0 Å². The van der Waals surface area contributed by atoms with Crippen LogP contribution in [-0.4, -0.2) is 32.7 Å². The zero-order valence-electron chi connectivity index (χ0n) is 8.11. The molecule has 0 bridgehead atoms. The molecule has 17 heavy (non-hydrogen) atoms. The fraction of sp³-hybridized carbons (Fsp3) is 0.250. The molecule has 0 saturated heterocycles. The standard InChI is InChI=1S/2C4H4O2S2.Cu/c2*5-4(6)3-1-2-7-8-3;/h2*1-3H,(H,5,6);. The van der Waals surface area contributed by atoms with Crippen molar-refractivity contribution in [2.75, 3.05) is 0 Å². The Morgan fingerprint density at radius 1 is 0.882 bits per heavy atom. The summed E-state index contributed by atoms with van der Waals surface area (Å²) in [5.74, 6) is -1.51. The maximum Gasteiger partial charge on any atom is 0.321 e. The summed E-state index contributed by atoms with van der Waals surface area (Å²) in [6.07, 6.45) is 3.36. The Bertz CT molecular complexity index is 301. The molecule has 2 N–H and O–H groups in total. The molecule has 0 aromatic heterocycles. The van der Waals surface area contributed by atoms with E-state index in [0.717, 1.165) is 0 Å². The van der Waals surface area contributed by atoms with E-state index >= 15 is 0 Å². The van der Waals surface area contributed by atoms with Crippen LogP contribution in [0.2, 0.25) is 0 Å². The summed E-state index contributed by atoms with van der Waals surface area (Å²) >= 11 is 0. The van der Waals surface area contributed by atoms with Gasteiger partial charge in [-0.2, -0.15) is 0 Å². The third kappa shape index (κ3) is 6.73. The van der Waals surface area contributed by atoms with Crippen LogP contribution in [0.25, 0.3) is 0 Å². The summed E-state index contributed by atoms with van der Waals surface area (Å²) in [5, 5.41) is 19.6. The topological polar surface area (TPSA) is 74.6 Å². The number of hydrogen-bond acceptors (Lipinski definition) is 6. The number of hydrogen-bond donors (Lipinski definition) is 2. The fourth-order valence-corrected chi connectivity index (χ4v) is 4.53. The van der Waals surface area contributed by atoms with Crippen LogP contribution in [0.1, 0.15) is 0 Å². The van der Waals surface area contributed by atoms with Crippen molar-refractivity contribution in [1.29, 1.82) is 0 Å². The largest absolute Gasteiger partial charge is 0.480 e. The SMILES string of the molecule is O=C(O)C1C=CSS1.O=C(O)C1C=CSS1.[Cu]. The molecule has 0 saturated carbocycles. The van der Waals surface area contributed by atoms with Gasteiger partial charge in [0.15, 0.2) is 0 Å². The van der Waals surface area contributed by atoms with Gasteiger partial charge in [-0.1, -0.05) is 55.3 Å². The Hall–Kier alpha value is 0.339. The van der Waals surface area contributed by atoms with Gasteiger partial charge in [0.2, 0.25) is 0 Å². The Balaban J connectivity index is 0.000000284. The second kappa shape index (κ2) is 9.29. The minimum Gasteiger partial charge on any atom is -0.480 e.